The first kappa shape index (κ1) is 18.4. The summed E-state index contributed by atoms with van der Waals surface area (Å²) in [6.07, 6.45) is 2.77. The molecule has 0 radical (unpaired) electrons. The molecule has 2 heterocycles. The number of rotatable bonds is 8. The van der Waals surface area contributed by atoms with Crippen molar-refractivity contribution in [3.63, 3.8) is 0 Å². The summed E-state index contributed by atoms with van der Waals surface area (Å²) in [5, 5.41) is 4.53. The van der Waals surface area contributed by atoms with E-state index in [9.17, 15) is 0 Å². The first-order valence-corrected chi connectivity index (χ1v) is 10.8. The number of thiophene rings is 1. The van der Waals surface area contributed by atoms with Crippen LogP contribution in [0.3, 0.4) is 0 Å². The summed E-state index contributed by atoms with van der Waals surface area (Å²) >= 11 is 3.55. The molecule has 0 saturated heterocycles. The highest BCUT2D eigenvalue weighted by Gasteiger charge is 2.13. The number of aryl methyl sites for hydroxylation is 1. The van der Waals surface area contributed by atoms with E-state index < -0.39 is 0 Å². The Kier molecular flexibility index (Phi) is 6.45. The molecule has 1 aromatic carbocycles. The van der Waals surface area contributed by atoms with Gasteiger partial charge in [-0.2, -0.15) is 0 Å². The van der Waals surface area contributed by atoms with Crippen LogP contribution in [0.4, 0.5) is 0 Å². The number of fused-ring (bicyclic) bond motifs is 1. The third-order valence-electron chi connectivity index (χ3n) is 4.55. The highest BCUT2D eigenvalue weighted by molar-refractivity contribution is 7.99. The van der Waals surface area contributed by atoms with Gasteiger partial charge in [0.05, 0.1) is 5.39 Å². The molecule has 132 valence electrons. The first-order valence-electron chi connectivity index (χ1n) is 8.93. The number of thioether (sulfide) groups is 1. The molecule has 0 fully saturated rings. The second-order valence-corrected chi connectivity index (χ2v) is 7.88. The van der Waals surface area contributed by atoms with Crippen LogP contribution >= 0.6 is 23.1 Å². The molecular weight excluding hydrogens is 346 g/mol. The van der Waals surface area contributed by atoms with Crippen molar-refractivity contribution >= 4 is 33.3 Å². The quantitative estimate of drug-likeness (QED) is 0.394. The second kappa shape index (κ2) is 8.79. The summed E-state index contributed by atoms with van der Waals surface area (Å²) in [4.78, 5) is 12.6. The SMILES string of the molecule is CCc1ccc(-c2csc3ncnc(SCCN(CC)CC)c23)cc1. The second-order valence-electron chi connectivity index (χ2n) is 5.93. The fourth-order valence-corrected chi connectivity index (χ4v) is 4.90. The van der Waals surface area contributed by atoms with Gasteiger partial charge < -0.3 is 4.90 Å². The highest BCUT2D eigenvalue weighted by Crippen LogP contribution is 2.37. The highest BCUT2D eigenvalue weighted by atomic mass is 32.2. The zero-order valence-corrected chi connectivity index (χ0v) is 16.8. The molecule has 0 aliphatic carbocycles. The normalized spacial score (nSPS) is 11.5. The average molecular weight is 372 g/mol. The molecule has 0 atom stereocenters. The van der Waals surface area contributed by atoms with Gasteiger partial charge in [0, 0.05) is 23.2 Å². The van der Waals surface area contributed by atoms with Crippen molar-refractivity contribution in [2.24, 2.45) is 0 Å². The number of benzene rings is 1. The summed E-state index contributed by atoms with van der Waals surface area (Å²) < 4.78 is 0. The van der Waals surface area contributed by atoms with E-state index in [1.165, 1.54) is 22.1 Å². The molecule has 25 heavy (non-hydrogen) atoms. The Morgan fingerprint density at radius 3 is 2.48 bits per heavy atom. The van der Waals surface area contributed by atoms with Crippen LogP contribution in [0.2, 0.25) is 0 Å². The van der Waals surface area contributed by atoms with E-state index >= 15 is 0 Å². The number of hydrogen-bond donors (Lipinski definition) is 0. The van der Waals surface area contributed by atoms with Gasteiger partial charge in [-0.3, -0.25) is 0 Å². The van der Waals surface area contributed by atoms with Crippen molar-refractivity contribution < 1.29 is 0 Å². The summed E-state index contributed by atoms with van der Waals surface area (Å²) in [5.41, 5.74) is 3.88. The van der Waals surface area contributed by atoms with Gasteiger partial charge in [-0.05, 0) is 30.6 Å². The smallest absolute Gasteiger partial charge is 0.128 e. The molecule has 0 aliphatic heterocycles. The molecule has 0 spiro atoms. The van der Waals surface area contributed by atoms with E-state index in [1.807, 2.05) is 11.8 Å². The lowest BCUT2D eigenvalue weighted by molar-refractivity contribution is 0.324. The minimum absolute atomic E-state index is 1.05. The molecule has 0 N–H and O–H groups in total. The average Bonchev–Trinajstić information content (AvgIpc) is 3.10. The van der Waals surface area contributed by atoms with Gasteiger partial charge in [0.2, 0.25) is 0 Å². The fourth-order valence-electron chi connectivity index (χ4n) is 2.90. The van der Waals surface area contributed by atoms with Crippen LogP contribution in [0.1, 0.15) is 26.3 Å². The van der Waals surface area contributed by atoms with Crippen LogP contribution in [-0.4, -0.2) is 40.3 Å². The largest absolute Gasteiger partial charge is 0.303 e. The number of aromatic nitrogens is 2. The molecule has 5 heteroatoms. The van der Waals surface area contributed by atoms with E-state index in [4.69, 9.17) is 0 Å². The van der Waals surface area contributed by atoms with E-state index in [1.54, 1.807) is 17.7 Å². The topological polar surface area (TPSA) is 29.0 Å². The predicted molar refractivity (Wildman–Crippen MR) is 111 cm³/mol. The third kappa shape index (κ3) is 4.22. The lowest BCUT2D eigenvalue weighted by Crippen LogP contribution is -2.25. The van der Waals surface area contributed by atoms with E-state index in [0.717, 1.165) is 41.7 Å². The number of hydrogen-bond acceptors (Lipinski definition) is 5. The van der Waals surface area contributed by atoms with Crippen LogP contribution < -0.4 is 0 Å². The lowest BCUT2D eigenvalue weighted by Gasteiger charge is -2.17. The maximum Gasteiger partial charge on any atom is 0.128 e. The summed E-state index contributed by atoms with van der Waals surface area (Å²) in [6, 6.07) is 8.88. The van der Waals surface area contributed by atoms with Crippen molar-refractivity contribution in [1.29, 1.82) is 0 Å². The van der Waals surface area contributed by atoms with Crippen molar-refractivity contribution in [1.82, 2.24) is 14.9 Å². The van der Waals surface area contributed by atoms with Gasteiger partial charge in [-0.25, -0.2) is 9.97 Å². The Labute approximate surface area is 158 Å². The molecule has 0 aliphatic rings. The van der Waals surface area contributed by atoms with E-state index in [2.05, 4.69) is 65.3 Å². The van der Waals surface area contributed by atoms with Crippen molar-refractivity contribution in [3.05, 3.63) is 41.5 Å². The fraction of sp³-hybridized carbons (Fsp3) is 0.400. The van der Waals surface area contributed by atoms with Crippen LogP contribution in [0, 0.1) is 0 Å². The molecular formula is C20H25N3S2. The van der Waals surface area contributed by atoms with Crippen LogP contribution in [0.25, 0.3) is 21.3 Å². The maximum absolute atomic E-state index is 4.59. The molecule has 0 amide bonds. The van der Waals surface area contributed by atoms with E-state index in [0.29, 0.717) is 0 Å². The molecule has 3 aromatic rings. The maximum atomic E-state index is 4.59. The van der Waals surface area contributed by atoms with Crippen LogP contribution in [-0.2, 0) is 6.42 Å². The molecule has 0 bridgehead atoms. The monoisotopic (exact) mass is 371 g/mol. The Morgan fingerprint density at radius 2 is 1.80 bits per heavy atom. The van der Waals surface area contributed by atoms with Gasteiger partial charge in [-0.15, -0.1) is 23.1 Å². The van der Waals surface area contributed by atoms with Crippen molar-refractivity contribution in [2.45, 2.75) is 32.2 Å². The lowest BCUT2D eigenvalue weighted by atomic mass is 10.0. The summed E-state index contributed by atoms with van der Waals surface area (Å²) in [6.45, 7) is 9.91. The zero-order valence-electron chi connectivity index (χ0n) is 15.2. The predicted octanol–water partition coefficient (Wildman–Crippen LogP) is 5.35. The molecule has 0 saturated carbocycles. The minimum atomic E-state index is 1.05. The Balaban J connectivity index is 1.87. The minimum Gasteiger partial charge on any atom is -0.303 e. The molecule has 0 unspecified atom stereocenters. The standard InChI is InChI=1S/C20H25N3S2/c1-4-15-7-9-16(10-8-15)17-13-25-20-18(17)19(21-14-22-20)24-12-11-23(5-2)6-3/h7-10,13-14H,4-6,11-12H2,1-3H3. The van der Waals surface area contributed by atoms with Gasteiger partial charge >= 0.3 is 0 Å². The van der Waals surface area contributed by atoms with Crippen molar-refractivity contribution in [2.75, 3.05) is 25.4 Å². The number of nitrogens with zero attached hydrogens (tertiary/aromatic N) is 3. The zero-order chi connectivity index (χ0) is 17.6. The molecule has 2 aromatic heterocycles. The van der Waals surface area contributed by atoms with Gasteiger partial charge in [0.1, 0.15) is 16.2 Å². The third-order valence-corrected chi connectivity index (χ3v) is 6.41. The van der Waals surface area contributed by atoms with Gasteiger partial charge in [0.25, 0.3) is 0 Å². The van der Waals surface area contributed by atoms with E-state index in [-0.39, 0.29) is 0 Å². The van der Waals surface area contributed by atoms with Crippen molar-refractivity contribution in [3.8, 4) is 11.1 Å². The molecule has 3 nitrogen and oxygen atoms in total. The summed E-state index contributed by atoms with van der Waals surface area (Å²) in [5.74, 6) is 1.05. The summed E-state index contributed by atoms with van der Waals surface area (Å²) in [7, 11) is 0. The van der Waals surface area contributed by atoms with Crippen LogP contribution in [0.15, 0.2) is 41.0 Å². The van der Waals surface area contributed by atoms with Crippen LogP contribution in [0.5, 0.6) is 0 Å². The Bertz CT molecular complexity index is 807. The Morgan fingerprint density at radius 1 is 1.04 bits per heavy atom. The first-order chi connectivity index (χ1) is 12.3. The molecule has 3 rings (SSSR count). The van der Waals surface area contributed by atoms with Gasteiger partial charge in [0.15, 0.2) is 0 Å². The Hall–Kier alpha value is -1.43. The van der Waals surface area contributed by atoms with Gasteiger partial charge in [-0.1, -0.05) is 45.0 Å².